The topological polar surface area (TPSA) is 63.8 Å². The Labute approximate surface area is 110 Å². The number of hydrogen-bond donors (Lipinski definition) is 1. The van der Waals surface area contributed by atoms with Gasteiger partial charge in [0.25, 0.3) is 5.22 Å². The number of oxazole rings is 1. The van der Waals surface area contributed by atoms with Crippen LogP contribution in [-0.4, -0.2) is 21.5 Å². The third kappa shape index (κ3) is 3.01. The highest BCUT2D eigenvalue weighted by Gasteiger charge is 2.10. The Bertz CT molecular complexity index is 534. The van der Waals surface area contributed by atoms with Crippen molar-refractivity contribution in [2.24, 2.45) is 0 Å². The largest absolute Gasteiger partial charge is 0.436 e. The van der Waals surface area contributed by atoms with Crippen molar-refractivity contribution in [3.63, 3.8) is 0 Å². The summed E-state index contributed by atoms with van der Waals surface area (Å²) < 4.78 is 5.53. The minimum absolute atomic E-state index is 0.616. The van der Waals surface area contributed by atoms with Gasteiger partial charge >= 0.3 is 0 Å². The molecule has 2 aromatic rings. The first kappa shape index (κ1) is 12.9. The Morgan fingerprint density at radius 3 is 2.61 bits per heavy atom. The van der Waals surface area contributed by atoms with Crippen molar-refractivity contribution in [2.75, 3.05) is 11.9 Å². The predicted octanol–water partition coefficient (Wildman–Crippen LogP) is 2.97. The first-order chi connectivity index (χ1) is 8.58. The first-order valence-corrected chi connectivity index (χ1v) is 6.61. The highest BCUT2D eigenvalue weighted by Crippen LogP contribution is 2.28. The Morgan fingerprint density at radius 2 is 2.00 bits per heavy atom. The van der Waals surface area contributed by atoms with Crippen molar-refractivity contribution in [1.29, 1.82) is 0 Å². The second-order valence-electron chi connectivity index (χ2n) is 3.89. The number of aryl methyl sites for hydroxylation is 3. The molecule has 0 saturated heterocycles. The molecule has 0 spiro atoms. The Balaban J connectivity index is 2.22. The highest BCUT2D eigenvalue weighted by molar-refractivity contribution is 7.99. The molecule has 0 aliphatic heterocycles. The van der Waals surface area contributed by atoms with E-state index < -0.39 is 0 Å². The number of aromatic nitrogens is 3. The van der Waals surface area contributed by atoms with Gasteiger partial charge in [-0.25, -0.2) is 15.0 Å². The van der Waals surface area contributed by atoms with Gasteiger partial charge in [-0.15, -0.1) is 0 Å². The second kappa shape index (κ2) is 5.39. The normalized spacial score (nSPS) is 10.7. The number of nitrogens with one attached hydrogen (secondary N) is 1. The highest BCUT2D eigenvalue weighted by atomic mass is 32.2. The predicted molar refractivity (Wildman–Crippen MR) is 71.0 cm³/mol. The van der Waals surface area contributed by atoms with E-state index in [9.17, 15) is 0 Å². The molecule has 0 fully saturated rings. The zero-order valence-electron chi connectivity index (χ0n) is 10.9. The van der Waals surface area contributed by atoms with E-state index in [-0.39, 0.29) is 0 Å². The van der Waals surface area contributed by atoms with Gasteiger partial charge < -0.3 is 9.73 Å². The van der Waals surface area contributed by atoms with Crippen LogP contribution in [0.25, 0.3) is 0 Å². The molecule has 0 aliphatic carbocycles. The van der Waals surface area contributed by atoms with Gasteiger partial charge in [-0.3, -0.25) is 0 Å². The number of rotatable bonds is 4. The third-order valence-corrected chi connectivity index (χ3v) is 3.14. The van der Waals surface area contributed by atoms with Crippen molar-refractivity contribution < 1.29 is 4.42 Å². The molecule has 2 heterocycles. The van der Waals surface area contributed by atoms with Gasteiger partial charge in [0, 0.05) is 12.6 Å². The molecule has 2 aromatic heterocycles. The Hall–Kier alpha value is -1.56. The molecule has 1 N–H and O–H groups in total. The average Bonchev–Trinajstić information content (AvgIpc) is 2.57. The van der Waals surface area contributed by atoms with Crippen LogP contribution < -0.4 is 5.32 Å². The maximum Gasteiger partial charge on any atom is 0.262 e. The smallest absolute Gasteiger partial charge is 0.262 e. The second-order valence-corrected chi connectivity index (χ2v) is 4.86. The van der Waals surface area contributed by atoms with Crippen molar-refractivity contribution in [3.05, 3.63) is 23.3 Å². The summed E-state index contributed by atoms with van der Waals surface area (Å²) in [6, 6.07) is 1.90. The summed E-state index contributed by atoms with van der Waals surface area (Å²) >= 11 is 1.41. The van der Waals surface area contributed by atoms with E-state index in [1.807, 2.05) is 33.8 Å². The summed E-state index contributed by atoms with van der Waals surface area (Å²) in [5.41, 5.74) is 0.912. The van der Waals surface area contributed by atoms with Gasteiger partial charge in [0.05, 0.1) is 5.69 Å². The van der Waals surface area contributed by atoms with Gasteiger partial charge in [-0.05, 0) is 39.5 Å². The van der Waals surface area contributed by atoms with Crippen molar-refractivity contribution in [3.8, 4) is 0 Å². The lowest BCUT2D eigenvalue weighted by Crippen LogP contribution is -2.02. The fraction of sp³-hybridized carbons (Fsp3) is 0.417. The number of anilines is 1. The molecular weight excluding hydrogens is 248 g/mol. The summed E-state index contributed by atoms with van der Waals surface area (Å²) in [5, 5.41) is 4.62. The van der Waals surface area contributed by atoms with E-state index in [2.05, 4.69) is 20.3 Å². The minimum atomic E-state index is 0.616. The van der Waals surface area contributed by atoms with E-state index in [1.165, 1.54) is 11.8 Å². The monoisotopic (exact) mass is 264 g/mol. The lowest BCUT2D eigenvalue weighted by molar-refractivity contribution is 0.431. The molecule has 18 heavy (non-hydrogen) atoms. The summed E-state index contributed by atoms with van der Waals surface area (Å²) in [6.45, 7) is 8.57. The van der Waals surface area contributed by atoms with Crippen LogP contribution in [0.4, 0.5) is 5.82 Å². The van der Waals surface area contributed by atoms with Gasteiger partial charge in [-0.2, -0.15) is 0 Å². The molecule has 0 bridgehead atoms. The molecule has 6 heteroatoms. The fourth-order valence-corrected chi connectivity index (χ4v) is 2.32. The molecule has 0 aromatic carbocycles. The van der Waals surface area contributed by atoms with E-state index in [0.29, 0.717) is 5.22 Å². The zero-order valence-corrected chi connectivity index (χ0v) is 11.8. The summed E-state index contributed by atoms with van der Waals surface area (Å²) in [6.07, 6.45) is 0. The maximum absolute atomic E-state index is 5.53. The van der Waals surface area contributed by atoms with E-state index in [1.54, 1.807) is 0 Å². The van der Waals surface area contributed by atoms with Crippen molar-refractivity contribution >= 4 is 17.6 Å². The molecule has 0 aliphatic rings. The molecule has 0 radical (unpaired) electrons. The molecule has 5 nitrogen and oxygen atoms in total. The standard InChI is InChI=1S/C12H16N4OS/c1-5-13-10-6-11(16-9(4)15-10)18-12-14-7(2)8(3)17-12/h6H,5H2,1-4H3,(H,13,15,16). The molecule has 0 saturated carbocycles. The van der Waals surface area contributed by atoms with Crippen LogP contribution in [-0.2, 0) is 0 Å². The molecule has 0 unspecified atom stereocenters. The van der Waals surface area contributed by atoms with E-state index >= 15 is 0 Å². The molecule has 2 rings (SSSR count). The number of nitrogens with zero attached hydrogens (tertiary/aromatic N) is 3. The van der Waals surface area contributed by atoms with E-state index in [4.69, 9.17) is 4.42 Å². The van der Waals surface area contributed by atoms with Gasteiger partial charge in [-0.1, -0.05) is 0 Å². The van der Waals surface area contributed by atoms with Crippen LogP contribution >= 0.6 is 11.8 Å². The van der Waals surface area contributed by atoms with Crippen LogP contribution in [0, 0.1) is 20.8 Å². The molecule has 0 atom stereocenters. The minimum Gasteiger partial charge on any atom is -0.436 e. The average molecular weight is 264 g/mol. The van der Waals surface area contributed by atoms with Gasteiger partial charge in [0.1, 0.15) is 22.4 Å². The Morgan fingerprint density at radius 1 is 1.22 bits per heavy atom. The van der Waals surface area contributed by atoms with Crippen LogP contribution in [0.1, 0.15) is 24.2 Å². The molecule has 0 amide bonds. The van der Waals surface area contributed by atoms with Crippen molar-refractivity contribution in [1.82, 2.24) is 15.0 Å². The lowest BCUT2D eigenvalue weighted by Gasteiger charge is -2.04. The van der Waals surface area contributed by atoms with E-state index in [0.717, 1.165) is 34.7 Å². The van der Waals surface area contributed by atoms with Crippen LogP contribution in [0.3, 0.4) is 0 Å². The van der Waals surface area contributed by atoms with Crippen LogP contribution in [0.5, 0.6) is 0 Å². The lowest BCUT2D eigenvalue weighted by atomic mass is 10.4. The van der Waals surface area contributed by atoms with Gasteiger partial charge in [0.15, 0.2) is 0 Å². The summed E-state index contributed by atoms with van der Waals surface area (Å²) in [5.74, 6) is 2.40. The molecular formula is C12H16N4OS. The zero-order chi connectivity index (χ0) is 13.1. The quantitative estimate of drug-likeness (QED) is 0.856. The first-order valence-electron chi connectivity index (χ1n) is 5.80. The third-order valence-electron chi connectivity index (χ3n) is 2.37. The fourth-order valence-electron chi connectivity index (χ4n) is 1.44. The SMILES string of the molecule is CCNc1cc(Sc2nc(C)c(C)o2)nc(C)n1. The Kier molecular flexibility index (Phi) is 3.86. The van der Waals surface area contributed by atoms with Crippen LogP contribution in [0.15, 0.2) is 20.7 Å². The number of hydrogen-bond acceptors (Lipinski definition) is 6. The summed E-state index contributed by atoms with van der Waals surface area (Å²) in [4.78, 5) is 13.0. The summed E-state index contributed by atoms with van der Waals surface area (Å²) in [7, 11) is 0. The molecule has 96 valence electrons. The van der Waals surface area contributed by atoms with Crippen LogP contribution in [0.2, 0.25) is 0 Å². The van der Waals surface area contributed by atoms with Crippen molar-refractivity contribution in [2.45, 2.75) is 37.9 Å². The van der Waals surface area contributed by atoms with Gasteiger partial charge in [0.2, 0.25) is 0 Å². The maximum atomic E-state index is 5.53.